The van der Waals surface area contributed by atoms with Crippen molar-refractivity contribution >= 4 is 29.3 Å². The Morgan fingerprint density at radius 1 is 1.00 bits per heavy atom. The fourth-order valence-electron chi connectivity index (χ4n) is 2.56. The molecule has 0 aliphatic carbocycles. The molecule has 5 nitrogen and oxygen atoms in total. The molecule has 8 heteroatoms. The molecule has 0 unspecified atom stereocenters. The lowest BCUT2D eigenvalue weighted by Gasteiger charge is -2.02. The van der Waals surface area contributed by atoms with Gasteiger partial charge in [-0.05, 0) is 60.3 Å². The molecule has 0 fully saturated rings. The number of hydrogen-bond acceptors (Lipinski definition) is 5. The maximum absolute atomic E-state index is 13.3. The molecule has 1 N–H and O–H groups in total. The highest BCUT2D eigenvalue weighted by Gasteiger charge is 2.19. The highest BCUT2D eigenvalue weighted by Crippen LogP contribution is 2.38. The van der Waals surface area contributed by atoms with E-state index in [1.54, 1.807) is 36.4 Å². The smallest absolute Gasteiger partial charge is 0.335 e. The average molecular weight is 427 g/mol. The molecule has 0 aliphatic heterocycles. The average Bonchev–Trinajstić information content (AvgIpc) is 3.14. The zero-order valence-electron chi connectivity index (χ0n) is 14.7. The van der Waals surface area contributed by atoms with Crippen molar-refractivity contribution in [1.82, 2.24) is 9.97 Å². The van der Waals surface area contributed by atoms with E-state index in [0.29, 0.717) is 37.9 Å². The monoisotopic (exact) mass is 426 g/mol. The van der Waals surface area contributed by atoms with Crippen LogP contribution in [-0.4, -0.2) is 21.0 Å². The largest absolute Gasteiger partial charge is 0.478 e. The van der Waals surface area contributed by atoms with Gasteiger partial charge in [0.25, 0.3) is 0 Å². The van der Waals surface area contributed by atoms with Crippen molar-refractivity contribution in [3.8, 4) is 22.7 Å². The molecule has 0 aliphatic rings. The Kier molecular flexibility index (Phi) is 5.33. The van der Waals surface area contributed by atoms with Gasteiger partial charge in [-0.2, -0.15) is 0 Å². The summed E-state index contributed by atoms with van der Waals surface area (Å²) in [5.74, 6) is -1.05. The molecule has 0 atom stereocenters. The molecule has 2 heterocycles. The summed E-state index contributed by atoms with van der Waals surface area (Å²) < 4.78 is 19.2. The minimum atomic E-state index is -1.01. The standard InChI is InChI=1S/C21H12ClFN2O3S/c22-15-7-10-17(24-11-15)29-21-18(12-1-3-14(4-2-12)20(26)27)25-19(28-21)13-5-8-16(23)9-6-13/h1-11H,(H,26,27). The first-order valence-corrected chi connectivity index (χ1v) is 9.59. The lowest BCUT2D eigenvalue weighted by atomic mass is 10.1. The summed E-state index contributed by atoms with van der Waals surface area (Å²) in [5, 5.41) is 10.7. The first kappa shape index (κ1) is 19.2. The Balaban J connectivity index is 1.77. The zero-order valence-corrected chi connectivity index (χ0v) is 16.2. The number of aromatic carboxylic acids is 1. The third kappa shape index (κ3) is 4.31. The van der Waals surface area contributed by atoms with E-state index in [4.69, 9.17) is 21.1 Å². The summed E-state index contributed by atoms with van der Waals surface area (Å²) in [6, 6.07) is 15.6. The van der Waals surface area contributed by atoms with E-state index < -0.39 is 5.97 Å². The van der Waals surface area contributed by atoms with Gasteiger partial charge in [0.15, 0.2) is 5.09 Å². The highest BCUT2D eigenvalue weighted by molar-refractivity contribution is 7.99. The van der Waals surface area contributed by atoms with E-state index in [-0.39, 0.29) is 11.4 Å². The van der Waals surface area contributed by atoms with E-state index in [0.717, 1.165) is 0 Å². The van der Waals surface area contributed by atoms with E-state index >= 15 is 0 Å². The van der Waals surface area contributed by atoms with Crippen LogP contribution in [0.3, 0.4) is 0 Å². The molecule has 144 valence electrons. The summed E-state index contributed by atoms with van der Waals surface area (Å²) in [6.45, 7) is 0. The number of pyridine rings is 1. The topological polar surface area (TPSA) is 76.2 Å². The summed E-state index contributed by atoms with van der Waals surface area (Å²) >= 11 is 7.15. The number of halogens is 2. The Morgan fingerprint density at radius 2 is 1.69 bits per heavy atom. The molecule has 2 aromatic carbocycles. The quantitative estimate of drug-likeness (QED) is 0.419. The van der Waals surface area contributed by atoms with Crippen molar-refractivity contribution in [3.63, 3.8) is 0 Å². The van der Waals surface area contributed by atoms with Gasteiger partial charge in [0.1, 0.15) is 16.5 Å². The molecule has 0 saturated heterocycles. The van der Waals surface area contributed by atoms with Crippen LogP contribution in [0.2, 0.25) is 5.02 Å². The molecule has 2 aromatic heterocycles. The van der Waals surface area contributed by atoms with Crippen LogP contribution in [0.15, 0.2) is 81.4 Å². The summed E-state index contributed by atoms with van der Waals surface area (Å²) in [5.41, 5.74) is 2.00. The van der Waals surface area contributed by atoms with Crippen LogP contribution in [0.5, 0.6) is 0 Å². The van der Waals surface area contributed by atoms with E-state index in [2.05, 4.69) is 9.97 Å². The van der Waals surface area contributed by atoms with Crippen LogP contribution in [-0.2, 0) is 0 Å². The maximum Gasteiger partial charge on any atom is 0.335 e. The Labute approximate surface area is 174 Å². The van der Waals surface area contributed by atoms with Crippen molar-refractivity contribution in [1.29, 1.82) is 0 Å². The van der Waals surface area contributed by atoms with Gasteiger partial charge in [-0.3, -0.25) is 0 Å². The van der Waals surface area contributed by atoms with Crippen molar-refractivity contribution in [3.05, 3.63) is 83.3 Å². The normalized spacial score (nSPS) is 10.8. The van der Waals surface area contributed by atoms with Gasteiger partial charge in [-0.1, -0.05) is 23.7 Å². The number of nitrogens with zero attached hydrogens (tertiary/aromatic N) is 2. The Morgan fingerprint density at radius 3 is 2.31 bits per heavy atom. The Hall–Kier alpha value is -3.16. The number of aromatic nitrogens is 2. The molecule has 0 saturated carbocycles. The van der Waals surface area contributed by atoms with Crippen molar-refractivity contribution in [2.75, 3.05) is 0 Å². The molecule has 4 aromatic rings. The zero-order chi connectivity index (χ0) is 20.4. The molecule has 4 rings (SSSR count). The van der Waals surface area contributed by atoms with Gasteiger partial charge in [0, 0.05) is 17.3 Å². The van der Waals surface area contributed by atoms with Gasteiger partial charge in [-0.15, -0.1) is 0 Å². The van der Waals surface area contributed by atoms with Crippen molar-refractivity contribution in [2.24, 2.45) is 0 Å². The van der Waals surface area contributed by atoms with Crippen LogP contribution in [0.25, 0.3) is 22.7 Å². The maximum atomic E-state index is 13.3. The molecule has 0 spiro atoms. The number of carbonyl (C=O) groups is 1. The third-order valence-corrected chi connectivity index (χ3v) is 5.13. The first-order valence-electron chi connectivity index (χ1n) is 8.39. The summed E-state index contributed by atoms with van der Waals surface area (Å²) in [7, 11) is 0. The second-order valence-corrected chi connectivity index (χ2v) is 7.39. The second-order valence-electron chi connectivity index (χ2n) is 5.96. The second kappa shape index (κ2) is 8.06. The van der Waals surface area contributed by atoms with Gasteiger partial charge >= 0.3 is 5.97 Å². The van der Waals surface area contributed by atoms with E-state index in [1.807, 2.05) is 0 Å². The number of benzene rings is 2. The predicted octanol–water partition coefficient (Wildman–Crippen LogP) is 6.05. The van der Waals surface area contributed by atoms with Crippen LogP contribution in [0, 0.1) is 5.82 Å². The fraction of sp³-hybridized carbons (Fsp3) is 0. The number of carboxylic acid groups (broad SMARTS) is 1. The number of rotatable bonds is 5. The number of hydrogen-bond donors (Lipinski definition) is 1. The van der Waals surface area contributed by atoms with Gasteiger partial charge in [0.05, 0.1) is 10.6 Å². The van der Waals surface area contributed by atoms with Crippen LogP contribution < -0.4 is 0 Å². The summed E-state index contributed by atoms with van der Waals surface area (Å²) in [4.78, 5) is 19.9. The van der Waals surface area contributed by atoms with Gasteiger partial charge in [-0.25, -0.2) is 19.2 Å². The van der Waals surface area contributed by atoms with Gasteiger partial charge in [0.2, 0.25) is 5.89 Å². The lowest BCUT2D eigenvalue weighted by Crippen LogP contribution is -1.95. The minimum Gasteiger partial charge on any atom is -0.478 e. The molecule has 0 radical (unpaired) electrons. The fourth-order valence-corrected chi connectivity index (χ4v) is 3.49. The van der Waals surface area contributed by atoms with Crippen molar-refractivity contribution in [2.45, 2.75) is 10.1 Å². The Bertz CT molecular complexity index is 1160. The molecular formula is C21H12ClFN2O3S. The molecule has 0 bridgehead atoms. The molecule has 0 amide bonds. The van der Waals surface area contributed by atoms with E-state index in [9.17, 15) is 9.18 Å². The molecule has 29 heavy (non-hydrogen) atoms. The number of carboxylic acids is 1. The lowest BCUT2D eigenvalue weighted by molar-refractivity contribution is 0.0697. The van der Waals surface area contributed by atoms with E-state index in [1.165, 1.54) is 42.2 Å². The molecular weight excluding hydrogens is 415 g/mol. The van der Waals surface area contributed by atoms with Crippen LogP contribution >= 0.6 is 23.4 Å². The van der Waals surface area contributed by atoms with Crippen LogP contribution in [0.4, 0.5) is 4.39 Å². The van der Waals surface area contributed by atoms with Gasteiger partial charge < -0.3 is 9.52 Å². The number of oxazole rings is 1. The highest BCUT2D eigenvalue weighted by atomic mass is 35.5. The minimum absolute atomic E-state index is 0.171. The first-order chi connectivity index (χ1) is 14.0. The summed E-state index contributed by atoms with van der Waals surface area (Å²) in [6.07, 6.45) is 1.53. The SMILES string of the molecule is O=C(O)c1ccc(-c2nc(-c3ccc(F)cc3)oc2Sc2ccc(Cl)cn2)cc1. The predicted molar refractivity (Wildman–Crippen MR) is 108 cm³/mol. The third-order valence-electron chi connectivity index (χ3n) is 3.99. The van der Waals surface area contributed by atoms with Crippen LogP contribution in [0.1, 0.15) is 10.4 Å². The van der Waals surface area contributed by atoms with Crippen molar-refractivity contribution < 1.29 is 18.7 Å².